The molecule has 10 heteroatoms. The van der Waals surface area contributed by atoms with Crippen LogP contribution in [0.4, 0.5) is 0 Å². The van der Waals surface area contributed by atoms with Gasteiger partial charge in [-0.2, -0.15) is 4.31 Å². The van der Waals surface area contributed by atoms with Crippen LogP contribution < -0.4 is 5.14 Å². The fourth-order valence-electron chi connectivity index (χ4n) is 2.81. The SMILES string of the molecule is NS(=O)(=O)c1cccc(S(=O)(=O)N2CCN(Cc3ccccn3)CC2)c1. The van der Waals surface area contributed by atoms with E-state index in [0.29, 0.717) is 32.7 Å². The fraction of sp³-hybridized carbons (Fsp3) is 0.312. The van der Waals surface area contributed by atoms with Crippen molar-refractivity contribution in [3.05, 3.63) is 54.4 Å². The quantitative estimate of drug-likeness (QED) is 0.774. The van der Waals surface area contributed by atoms with E-state index in [1.165, 1.54) is 22.5 Å². The van der Waals surface area contributed by atoms with Crippen LogP contribution in [0.2, 0.25) is 0 Å². The maximum absolute atomic E-state index is 12.8. The second-order valence-corrected chi connectivity index (χ2v) is 9.52. The molecular formula is C16H20N4O4S2. The minimum Gasteiger partial charge on any atom is -0.295 e. The van der Waals surface area contributed by atoms with Crippen LogP contribution >= 0.6 is 0 Å². The Morgan fingerprint density at radius 1 is 0.923 bits per heavy atom. The number of piperazine rings is 1. The van der Waals surface area contributed by atoms with Gasteiger partial charge >= 0.3 is 0 Å². The number of rotatable bonds is 5. The lowest BCUT2D eigenvalue weighted by Crippen LogP contribution is -2.48. The summed E-state index contributed by atoms with van der Waals surface area (Å²) in [5.74, 6) is 0. The topological polar surface area (TPSA) is 114 Å². The number of sulfonamides is 2. The van der Waals surface area contributed by atoms with Gasteiger partial charge in [-0.1, -0.05) is 12.1 Å². The van der Waals surface area contributed by atoms with Crippen LogP contribution in [-0.2, 0) is 26.6 Å². The highest BCUT2D eigenvalue weighted by Crippen LogP contribution is 2.20. The van der Waals surface area contributed by atoms with Crippen LogP contribution in [-0.4, -0.2) is 57.2 Å². The van der Waals surface area contributed by atoms with Gasteiger partial charge in [0.1, 0.15) is 0 Å². The number of aromatic nitrogens is 1. The van der Waals surface area contributed by atoms with Crippen molar-refractivity contribution >= 4 is 20.0 Å². The minimum atomic E-state index is -3.96. The van der Waals surface area contributed by atoms with Crippen molar-refractivity contribution in [1.29, 1.82) is 0 Å². The molecule has 2 heterocycles. The van der Waals surface area contributed by atoms with Gasteiger partial charge in [-0.15, -0.1) is 0 Å². The highest BCUT2D eigenvalue weighted by Gasteiger charge is 2.29. The molecule has 8 nitrogen and oxygen atoms in total. The number of nitrogens with zero attached hydrogens (tertiary/aromatic N) is 3. The second kappa shape index (κ2) is 7.41. The van der Waals surface area contributed by atoms with Crippen molar-refractivity contribution in [3.63, 3.8) is 0 Å². The third-order valence-electron chi connectivity index (χ3n) is 4.21. The lowest BCUT2D eigenvalue weighted by Gasteiger charge is -2.33. The van der Waals surface area contributed by atoms with Crippen LogP contribution in [0, 0.1) is 0 Å². The number of pyridine rings is 1. The number of hydrogen-bond acceptors (Lipinski definition) is 6. The molecule has 1 fully saturated rings. The molecule has 1 saturated heterocycles. The summed E-state index contributed by atoms with van der Waals surface area (Å²) in [5.41, 5.74) is 0.935. The van der Waals surface area contributed by atoms with Gasteiger partial charge in [0.2, 0.25) is 20.0 Å². The molecule has 0 saturated carbocycles. The third-order valence-corrected chi connectivity index (χ3v) is 7.02. The number of benzene rings is 1. The molecule has 0 radical (unpaired) electrons. The van der Waals surface area contributed by atoms with Gasteiger partial charge in [0.15, 0.2) is 0 Å². The maximum Gasteiger partial charge on any atom is 0.243 e. The molecule has 1 aliphatic rings. The first kappa shape index (κ1) is 18.9. The summed E-state index contributed by atoms with van der Waals surface area (Å²) >= 11 is 0. The Balaban J connectivity index is 1.70. The molecule has 140 valence electrons. The molecule has 0 amide bonds. The predicted molar refractivity (Wildman–Crippen MR) is 96.1 cm³/mol. The Hall–Kier alpha value is -1.85. The Kier molecular flexibility index (Phi) is 5.39. The molecule has 0 atom stereocenters. The average Bonchev–Trinajstić information content (AvgIpc) is 2.62. The highest BCUT2D eigenvalue weighted by atomic mass is 32.2. The average molecular weight is 396 g/mol. The number of nitrogens with two attached hydrogens (primary N) is 1. The Bertz CT molecular complexity index is 970. The molecule has 0 spiro atoms. The summed E-state index contributed by atoms with van der Waals surface area (Å²) in [6.07, 6.45) is 1.73. The van der Waals surface area contributed by atoms with E-state index in [1.54, 1.807) is 6.20 Å². The zero-order chi connectivity index (χ0) is 18.8. The molecule has 2 aromatic rings. The van der Waals surface area contributed by atoms with Crippen molar-refractivity contribution < 1.29 is 16.8 Å². The van der Waals surface area contributed by atoms with E-state index < -0.39 is 20.0 Å². The van der Waals surface area contributed by atoms with E-state index in [2.05, 4.69) is 9.88 Å². The van der Waals surface area contributed by atoms with Crippen LogP contribution in [0.1, 0.15) is 5.69 Å². The van der Waals surface area contributed by atoms with E-state index in [4.69, 9.17) is 5.14 Å². The molecule has 26 heavy (non-hydrogen) atoms. The molecule has 0 bridgehead atoms. The lowest BCUT2D eigenvalue weighted by atomic mass is 10.3. The highest BCUT2D eigenvalue weighted by molar-refractivity contribution is 7.90. The first-order valence-electron chi connectivity index (χ1n) is 8.02. The van der Waals surface area contributed by atoms with E-state index in [0.717, 1.165) is 11.8 Å². The zero-order valence-electron chi connectivity index (χ0n) is 14.0. The monoisotopic (exact) mass is 396 g/mol. The van der Waals surface area contributed by atoms with Crippen LogP contribution in [0.3, 0.4) is 0 Å². The van der Waals surface area contributed by atoms with Crippen LogP contribution in [0.5, 0.6) is 0 Å². The second-order valence-electron chi connectivity index (χ2n) is 6.02. The van der Waals surface area contributed by atoms with Gasteiger partial charge in [-0.05, 0) is 30.3 Å². The molecule has 0 unspecified atom stereocenters. The first-order valence-corrected chi connectivity index (χ1v) is 11.0. The van der Waals surface area contributed by atoms with Gasteiger partial charge in [0, 0.05) is 38.9 Å². The predicted octanol–water partition coefficient (Wildman–Crippen LogP) is 0.236. The summed E-state index contributed by atoms with van der Waals surface area (Å²) in [5, 5.41) is 5.09. The van der Waals surface area contributed by atoms with E-state index in [9.17, 15) is 16.8 Å². The van der Waals surface area contributed by atoms with Crippen molar-refractivity contribution in [2.75, 3.05) is 26.2 Å². The van der Waals surface area contributed by atoms with Crippen molar-refractivity contribution in [2.45, 2.75) is 16.3 Å². The van der Waals surface area contributed by atoms with Gasteiger partial charge in [-0.25, -0.2) is 22.0 Å². The lowest BCUT2D eigenvalue weighted by molar-refractivity contribution is 0.180. The summed E-state index contributed by atoms with van der Waals surface area (Å²) < 4.78 is 49.9. The van der Waals surface area contributed by atoms with Crippen LogP contribution in [0.15, 0.2) is 58.5 Å². The van der Waals surface area contributed by atoms with Gasteiger partial charge < -0.3 is 0 Å². The summed E-state index contributed by atoms with van der Waals surface area (Å²) in [6, 6.07) is 10.8. The zero-order valence-corrected chi connectivity index (χ0v) is 15.7. The molecule has 3 rings (SSSR count). The Morgan fingerprint density at radius 3 is 2.23 bits per heavy atom. The standard InChI is InChI=1S/C16H20N4O4S2/c17-25(21,22)15-5-3-6-16(12-15)26(23,24)20-10-8-19(9-11-20)13-14-4-1-2-7-18-14/h1-7,12H,8-11,13H2,(H2,17,21,22). The largest absolute Gasteiger partial charge is 0.295 e. The van der Waals surface area contributed by atoms with Gasteiger partial charge in [-0.3, -0.25) is 9.88 Å². The Labute approximate surface area is 153 Å². The van der Waals surface area contributed by atoms with E-state index >= 15 is 0 Å². The normalized spacial score (nSPS) is 17.3. The van der Waals surface area contributed by atoms with Crippen molar-refractivity contribution in [1.82, 2.24) is 14.2 Å². The molecule has 2 N–H and O–H groups in total. The van der Waals surface area contributed by atoms with Gasteiger partial charge in [0.25, 0.3) is 0 Å². The van der Waals surface area contributed by atoms with Crippen molar-refractivity contribution in [2.24, 2.45) is 5.14 Å². The van der Waals surface area contributed by atoms with E-state index in [-0.39, 0.29) is 9.79 Å². The molecular weight excluding hydrogens is 376 g/mol. The number of primary sulfonamides is 1. The van der Waals surface area contributed by atoms with Gasteiger partial charge in [0.05, 0.1) is 15.5 Å². The molecule has 1 aliphatic heterocycles. The Morgan fingerprint density at radius 2 is 1.62 bits per heavy atom. The fourth-order valence-corrected chi connectivity index (χ4v) is 4.91. The molecule has 1 aromatic heterocycles. The maximum atomic E-state index is 12.8. The van der Waals surface area contributed by atoms with E-state index in [1.807, 2.05) is 18.2 Å². The third kappa shape index (κ3) is 4.27. The summed E-state index contributed by atoms with van der Waals surface area (Å²) in [4.78, 5) is 6.13. The molecule has 1 aromatic carbocycles. The molecule has 0 aliphatic carbocycles. The smallest absolute Gasteiger partial charge is 0.243 e. The number of hydrogen-bond donors (Lipinski definition) is 1. The first-order chi connectivity index (χ1) is 12.3. The van der Waals surface area contributed by atoms with Crippen molar-refractivity contribution in [3.8, 4) is 0 Å². The summed E-state index contributed by atoms with van der Waals surface area (Å²) in [7, 11) is -7.73. The minimum absolute atomic E-state index is 0.0674. The summed E-state index contributed by atoms with van der Waals surface area (Å²) in [6.45, 7) is 2.47. The van der Waals surface area contributed by atoms with Crippen LogP contribution in [0.25, 0.3) is 0 Å².